The number of ether oxygens (including phenoxy) is 1. The third kappa shape index (κ3) is 2.25. The number of rotatable bonds is 2. The van der Waals surface area contributed by atoms with Gasteiger partial charge in [0.15, 0.2) is 4.93 Å². The van der Waals surface area contributed by atoms with Crippen LogP contribution in [0.1, 0.15) is 37.3 Å². The third-order valence-corrected chi connectivity index (χ3v) is 5.78. The average Bonchev–Trinajstić information content (AvgIpc) is 3.12. The summed E-state index contributed by atoms with van der Waals surface area (Å²) in [4.78, 5) is -0.0813. The van der Waals surface area contributed by atoms with Gasteiger partial charge in [0.2, 0.25) is 0 Å². The molecule has 106 valence electrons. The van der Waals surface area contributed by atoms with E-state index >= 15 is 0 Å². The summed E-state index contributed by atoms with van der Waals surface area (Å²) in [7, 11) is 0. The van der Waals surface area contributed by atoms with E-state index in [-0.39, 0.29) is 4.93 Å². The maximum atomic E-state index is 6.07. The van der Waals surface area contributed by atoms with E-state index in [0.717, 1.165) is 31.7 Å². The second-order valence-electron chi connectivity index (χ2n) is 5.75. The first-order valence-corrected chi connectivity index (χ1v) is 8.53. The maximum absolute atomic E-state index is 6.07. The first kappa shape index (κ1) is 12.7. The molecule has 0 bridgehead atoms. The Morgan fingerprint density at radius 3 is 2.95 bits per heavy atom. The van der Waals surface area contributed by atoms with Crippen molar-refractivity contribution in [3.63, 3.8) is 0 Å². The predicted octanol–water partition coefficient (Wildman–Crippen LogP) is 3.43. The number of thioether (sulfide) groups is 1. The van der Waals surface area contributed by atoms with Crippen molar-refractivity contribution < 1.29 is 4.74 Å². The van der Waals surface area contributed by atoms with E-state index in [1.54, 1.807) is 0 Å². The molecule has 4 heteroatoms. The zero-order valence-electron chi connectivity index (χ0n) is 11.6. The summed E-state index contributed by atoms with van der Waals surface area (Å²) < 4.78 is 6.07. The Morgan fingerprint density at radius 2 is 2.15 bits per heavy atom. The molecule has 3 fully saturated rings. The van der Waals surface area contributed by atoms with Gasteiger partial charge in [0.05, 0.1) is 24.9 Å². The molecule has 2 saturated heterocycles. The Morgan fingerprint density at radius 1 is 1.25 bits per heavy atom. The first-order valence-electron chi connectivity index (χ1n) is 7.55. The van der Waals surface area contributed by atoms with E-state index < -0.39 is 0 Å². The van der Waals surface area contributed by atoms with Gasteiger partial charge in [-0.3, -0.25) is 5.01 Å². The normalized spacial score (nSPS) is 34.9. The summed E-state index contributed by atoms with van der Waals surface area (Å²) in [5, 5.41) is 7.17. The van der Waals surface area contributed by atoms with Crippen LogP contribution in [0.2, 0.25) is 0 Å². The van der Waals surface area contributed by atoms with Crippen LogP contribution in [0.15, 0.2) is 35.4 Å². The molecular weight excluding hydrogens is 268 g/mol. The van der Waals surface area contributed by atoms with Crippen molar-refractivity contribution in [1.82, 2.24) is 5.01 Å². The smallest absolute Gasteiger partial charge is 0.154 e. The van der Waals surface area contributed by atoms with Crippen LogP contribution in [0.4, 0.5) is 0 Å². The lowest BCUT2D eigenvalue weighted by atomic mass is 9.95. The van der Waals surface area contributed by atoms with Gasteiger partial charge in [-0.2, -0.15) is 5.10 Å². The largest absolute Gasteiger partial charge is 0.358 e. The third-order valence-electron chi connectivity index (χ3n) is 4.38. The molecule has 2 aliphatic heterocycles. The highest BCUT2D eigenvalue weighted by molar-refractivity contribution is 8.01. The van der Waals surface area contributed by atoms with Crippen LogP contribution < -0.4 is 0 Å². The molecule has 3 nitrogen and oxygen atoms in total. The number of nitrogens with zero attached hydrogens (tertiary/aromatic N) is 2. The minimum Gasteiger partial charge on any atom is -0.358 e. The van der Waals surface area contributed by atoms with E-state index in [4.69, 9.17) is 9.84 Å². The molecule has 2 atom stereocenters. The number of benzene rings is 1. The van der Waals surface area contributed by atoms with Crippen LogP contribution in [-0.4, -0.2) is 34.6 Å². The van der Waals surface area contributed by atoms with Crippen LogP contribution in [0, 0.1) is 0 Å². The molecule has 1 aromatic carbocycles. The fourth-order valence-electron chi connectivity index (χ4n) is 3.23. The van der Waals surface area contributed by atoms with Crippen LogP contribution in [0.5, 0.6) is 0 Å². The van der Waals surface area contributed by atoms with Gasteiger partial charge in [0.1, 0.15) is 0 Å². The van der Waals surface area contributed by atoms with Gasteiger partial charge < -0.3 is 4.74 Å². The minimum absolute atomic E-state index is 0.0813. The van der Waals surface area contributed by atoms with Crippen LogP contribution in [0.25, 0.3) is 0 Å². The average molecular weight is 288 g/mol. The van der Waals surface area contributed by atoms with E-state index in [9.17, 15) is 0 Å². The summed E-state index contributed by atoms with van der Waals surface area (Å²) in [6, 6.07) is 11.2. The highest BCUT2D eigenvalue weighted by atomic mass is 32.2. The Bertz CT molecular complexity index is 510. The van der Waals surface area contributed by atoms with E-state index in [2.05, 4.69) is 35.3 Å². The molecular formula is C16H20N2OS. The second-order valence-corrected chi connectivity index (χ2v) is 7.11. The van der Waals surface area contributed by atoms with E-state index in [0.29, 0.717) is 6.04 Å². The second kappa shape index (κ2) is 5.08. The molecule has 3 aliphatic rings. The molecule has 0 aromatic heterocycles. The lowest BCUT2D eigenvalue weighted by molar-refractivity contribution is 0.0855. The summed E-state index contributed by atoms with van der Waals surface area (Å²) >= 11 is 1.96. The van der Waals surface area contributed by atoms with Gasteiger partial charge in [-0.25, -0.2) is 0 Å². The zero-order chi connectivity index (χ0) is 13.4. The standard InChI is InChI=1S/C16H20N2OS/c1-2-6-13(7-3-1)14-12-18(14)17-15-8-4-5-9-16(15)19-10-11-20-16/h1-3,6-7,14H,4-5,8-12H2/b17-15-. The molecule has 0 N–H and O–H groups in total. The van der Waals surface area contributed by atoms with Crippen molar-refractivity contribution >= 4 is 17.5 Å². The van der Waals surface area contributed by atoms with Gasteiger partial charge in [0, 0.05) is 5.75 Å². The SMILES string of the molecule is c1ccc(C2CN2/N=C2/CCCCC23OCCS3)cc1. The molecule has 2 unspecified atom stereocenters. The van der Waals surface area contributed by atoms with Gasteiger partial charge in [0.25, 0.3) is 0 Å². The van der Waals surface area contributed by atoms with Gasteiger partial charge in [-0.1, -0.05) is 30.3 Å². The molecule has 1 aromatic rings. The molecule has 20 heavy (non-hydrogen) atoms. The fourth-order valence-corrected chi connectivity index (χ4v) is 4.49. The molecule has 2 heterocycles. The summed E-state index contributed by atoms with van der Waals surface area (Å²) in [6.45, 7) is 1.93. The Kier molecular flexibility index (Phi) is 3.23. The molecule has 0 radical (unpaired) electrons. The van der Waals surface area contributed by atoms with E-state index in [1.165, 1.54) is 24.1 Å². The topological polar surface area (TPSA) is 24.6 Å². The van der Waals surface area contributed by atoms with Crippen molar-refractivity contribution in [1.29, 1.82) is 0 Å². The Hall–Kier alpha value is -1.000. The van der Waals surface area contributed by atoms with Gasteiger partial charge in [-0.15, -0.1) is 11.8 Å². The molecule has 4 rings (SSSR count). The predicted molar refractivity (Wildman–Crippen MR) is 82.9 cm³/mol. The number of hydrogen-bond donors (Lipinski definition) is 0. The highest BCUT2D eigenvalue weighted by Gasteiger charge is 2.45. The molecule has 1 spiro atoms. The van der Waals surface area contributed by atoms with Gasteiger partial charge >= 0.3 is 0 Å². The summed E-state index contributed by atoms with van der Waals surface area (Å²) in [5.74, 6) is 1.11. The molecule has 1 saturated carbocycles. The first-order chi connectivity index (χ1) is 9.87. The molecule has 1 aliphatic carbocycles. The fraction of sp³-hybridized carbons (Fsp3) is 0.562. The van der Waals surface area contributed by atoms with Crippen molar-refractivity contribution in [2.45, 2.75) is 36.7 Å². The quantitative estimate of drug-likeness (QED) is 0.779. The van der Waals surface area contributed by atoms with Gasteiger partial charge in [-0.05, 0) is 31.2 Å². The van der Waals surface area contributed by atoms with Crippen molar-refractivity contribution in [2.24, 2.45) is 5.10 Å². The Labute approximate surface area is 124 Å². The van der Waals surface area contributed by atoms with Crippen molar-refractivity contribution in [3.8, 4) is 0 Å². The number of hydrogen-bond acceptors (Lipinski definition) is 4. The van der Waals surface area contributed by atoms with Crippen molar-refractivity contribution in [2.75, 3.05) is 18.9 Å². The Balaban J connectivity index is 1.52. The summed E-state index contributed by atoms with van der Waals surface area (Å²) in [6.07, 6.45) is 4.77. The lowest BCUT2D eigenvalue weighted by Crippen LogP contribution is -2.38. The maximum Gasteiger partial charge on any atom is 0.154 e. The zero-order valence-corrected chi connectivity index (χ0v) is 12.4. The summed E-state index contributed by atoms with van der Waals surface area (Å²) in [5.41, 5.74) is 2.66. The lowest BCUT2D eigenvalue weighted by Gasteiger charge is -2.33. The minimum atomic E-state index is -0.0813. The van der Waals surface area contributed by atoms with Crippen LogP contribution >= 0.6 is 11.8 Å². The van der Waals surface area contributed by atoms with Crippen molar-refractivity contribution in [3.05, 3.63) is 35.9 Å². The molecule has 0 amide bonds. The highest BCUT2D eigenvalue weighted by Crippen LogP contribution is 2.44. The van der Waals surface area contributed by atoms with Crippen LogP contribution in [0.3, 0.4) is 0 Å². The number of hydrazone groups is 1. The van der Waals surface area contributed by atoms with Crippen LogP contribution in [-0.2, 0) is 4.74 Å². The van der Waals surface area contributed by atoms with E-state index in [1.807, 2.05) is 11.8 Å². The monoisotopic (exact) mass is 288 g/mol.